The Bertz CT molecular complexity index is 496. The quantitative estimate of drug-likeness (QED) is 0.818. The number of fused-ring (bicyclic) bond motifs is 5. The molecule has 0 heterocycles. The Kier molecular flexibility index (Phi) is 4.74. The minimum atomic E-state index is -0.0238. The molecule has 0 aromatic carbocycles. The molecular weight excluding hydrogens is 308 g/mol. The summed E-state index contributed by atoms with van der Waals surface area (Å²) in [6, 6.07) is 0.737. The average molecular weight is 349 g/mol. The highest BCUT2D eigenvalue weighted by Crippen LogP contribution is 2.66. The van der Waals surface area contributed by atoms with E-state index in [2.05, 4.69) is 25.8 Å². The van der Waals surface area contributed by atoms with E-state index in [9.17, 15) is 5.11 Å². The third kappa shape index (κ3) is 2.72. The van der Waals surface area contributed by atoms with E-state index in [0.717, 1.165) is 55.6 Å². The Balaban J connectivity index is 1.56. The van der Waals surface area contributed by atoms with Gasteiger partial charge in [0.05, 0.1) is 6.10 Å². The van der Waals surface area contributed by atoms with Gasteiger partial charge < -0.3 is 15.7 Å². The van der Waals surface area contributed by atoms with E-state index in [-0.39, 0.29) is 6.10 Å². The summed E-state index contributed by atoms with van der Waals surface area (Å²) >= 11 is 0. The molecule has 4 saturated carbocycles. The number of hydrogen-bond donors (Lipinski definition) is 2. The van der Waals surface area contributed by atoms with Gasteiger partial charge in [-0.1, -0.05) is 13.8 Å². The lowest BCUT2D eigenvalue weighted by Gasteiger charge is -2.61. The Morgan fingerprint density at radius 1 is 0.960 bits per heavy atom. The number of rotatable bonds is 3. The summed E-state index contributed by atoms with van der Waals surface area (Å²) in [4.78, 5) is 2.57. The van der Waals surface area contributed by atoms with Crippen molar-refractivity contribution in [3.05, 3.63) is 0 Å². The number of aliphatic hydroxyl groups excluding tert-OH is 1. The number of likely N-dealkylation sites (N-methyl/N-ethyl adjacent to an activating group) is 1. The molecule has 0 aliphatic heterocycles. The zero-order valence-corrected chi connectivity index (χ0v) is 16.7. The Morgan fingerprint density at radius 3 is 2.44 bits per heavy atom. The first-order valence-corrected chi connectivity index (χ1v) is 11.0. The first kappa shape index (κ1) is 18.3. The highest BCUT2D eigenvalue weighted by molar-refractivity contribution is 5.11. The van der Waals surface area contributed by atoms with Gasteiger partial charge in [0.1, 0.15) is 0 Å². The average Bonchev–Trinajstić information content (AvgIpc) is 2.93. The molecule has 0 bridgehead atoms. The molecule has 0 aromatic heterocycles. The molecule has 3 nitrogen and oxygen atoms in total. The van der Waals surface area contributed by atoms with Crippen molar-refractivity contribution in [3.8, 4) is 0 Å². The smallest absolute Gasteiger partial charge is 0.0543 e. The van der Waals surface area contributed by atoms with E-state index >= 15 is 0 Å². The van der Waals surface area contributed by atoms with Crippen LogP contribution in [0, 0.1) is 34.5 Å². The summed E-state index contributed by atoms with van der Waals surface area (Å²) in [5.41, 5.74) is 6.86. The highest BCUT2D eigenvalue weighted by Gasteiger charge is 2.60. The monoisotopic (exact) mass is 348 g/mol. The van der Waals surface area contributed by atoms with Crippen LogP contribution in [-0.2, 0) is 0 Å². The largest absolute Gasteiger partial charge is 0.393 e. The Hall–Kier alpha value is -0.120. The van der Waals surface area contributed by atoms with Gasteiger partial charge >= 0.3 is 0 Å². The van der Waals surface area contributed by atoms with Crippen LogP contribution < -0.4 is 5.73 Å². The second kappa shape index (κ2) is 6.49. The summed E-state index contributed by atoms with van der Waals surface area (Å²) in [6.07, 6.45) is 11.8. The Morgan fingerprint density at radius 2 is 1.68 bits per heavy atom. The molecule has 3 N–H and O–H groups in total. The van der Waals surface area contributed by atoms with E-state index < -0.39 is 0 Å². The molecule has 0 amide bonds. The van der Waals surface area contributed by atoms with Gasteiger partial charge in [0.2, 0.25) is 0 Å². The summed E-state index contributed by atoms with van der Waals surface area (Å²) in [5, 5.41) is 10.2. The van der Waals surface area contributed by atoms with E-state index in [0.29, 0.717) is 10.8 Å². The first-order valence-electron chi connectivity index (χ1n) is 11.0. The van der Waals surface area contributed by atoms with Crippen molar-refractivity contribution in [1.82, 2.24) is 4.90 Å². The van der Waals surface area contributed by atoms with Crippen molar-refractivity contribution < 1.29 is 5.11 Å². The van der Waals surface area contributed by atoms with Crippen LogP contribution in [0.4, 0.5) is 0 Å². The van der Waals surface area contributed by atoms with Crippen LogP contribution in [0.1, 0.15) is 71.6 Å². The molecule has 3 heteroatoms. The minimum Gasteiger partial charge on any atom is -0.393 e. The summed E-state index contributed by atoms with van der Waals surface area (Å²) < 4.78 is 0. The first-order chi connectivity index (χ1) is 11.9. The lowest BCUT2D eigenvalue weighted by atomic mass is 9.45. The molecule has 144 valence electrons. The van der Waals surface area contributed by atoms with Crippen molar-refractivity contribution in [2.75, 3.05) is 20.1 Å². The molecular formula is C22H40N2O. The van der Waals surface area contributed by atoms with Crippen LogP contribution in [0.5, 0.6) is 0 Å². The number of hydrogen-bond acceptors (Lipinski definition) is 3. The summed E-state index contributed by atoms with van der Waals surface area (Å²) in [5.74, 6) is 3.54. The normalized spacial score (nSPS) is 52.6. The molecule has 0 radical (unpaired) electrons. The second-order valence-electron chi connectivity index (χ2n) is 10.5. The number of aliphatic hydroxyl groups is 1. The topological polar surface area (TPSA) is 49.5 Å². The number of nitrogens with two attached hydrogens (primary N) is 1. The molecule has 0 saturated heterocycles. The molecule has 8 atom stereocenters. The maximum absolute atomic E-state index is 10.2. The van der Waals surface area contributed by atoms with Gasteiger partial charge in [-0.25, -0.2) is 0 Å². The van der Waals surface area contributed by atoms with E-state index in [1.54, 1.807) is 0 Å². The zero-order valence-electron chi connectivity index (χ0n) is 16.7. The van der Waals surface area contributed by atoms with Gasteiger partial charge in [-0.3, -0.25) is 0 Å². The maximum atomic E-state index is 10.2. The maximum Gasteiger partial charge on any atom is 0.0543 e. The molecule has 4 rings (SSSR count). The number of nitrogens with zero attached hydrogens (tertiary/aromatic N) is 1. The third-order valence-electron chi connectivity index (χ3n) is 9.60. The van der Waals surface area contributed by atoms with Crippen molar-refractivity contribution in [1.29, 1.82) is 0 Å². The van der Waals surface area contributed by atoms with Crippen LogP contribution >= 0.6 is 0 Å². The molecule has 0 unspecified atom stereocenters. The lowest BCUT2D eigenvalue weighted by Crippen LogP contribution is -2.56. The van der Waals surface area contributed by atoms with Crippen molar-refractivity contribution in [2.24, 2.45) is 40.2 Å². The van der Waals surface area contributed by atoms with Gasteiger partial charge in [-0.15, -0.1) is 0 Å². The van der Waals surface area contributed by atoms with Crippen LogP contribution in [-0.4, -0.2) is 42.3 Å². The van der Waals surface area contributed by atoms with Crippen LogP contribution in [0.2, 0.25) is 0 Å². The molecule has 4 aliphatic rings. The van der Waals surface area contributed by atoms with E-state index in [1.165, 1.54) is 44.9 Å². The van der Waals surface area contributed by atoms with Crippen LogP contribution in [0.25, 0.3) is 0 Å². The fraction of sp³-hybridized carbons (Fsp3) is 1.00. The Labute approximate surface area is 154 Å². The van der Waals surface area contributed by atoms with Gasteiger partial charge in [0, 0.05) is 19.1 Å². The van der Waals surface area contributed by atoms with Crippen molar-refractivity contribution >= 4 is 0 Å². The predicted octanol–water partition coefficient (Wildman–Crippen LogP) is 3.65. The standard InChI is InChI=1S/C22H40N2O/c1-21-10-8-16(25)14-15(21)4-5-17-18-6-7-20(24(3)13-12-23)22(18,2)11-9-19(17)21/h15-20,25H,4-14,23H2,1-3H3/t15-,16+,17-,18+,19-,20+,21-,22-/m0/s1. The molecule has 4 aliphatic carbocycles. The molecule has 0 spiro atoms. The summed E-state index contributed by atoms with van der Waals surface area (Å²) in [6.45, 7) is 7.02. The second-order valence-corrected chi connectivity index (χ2v) is 10.5. The van der Waals surface area contributed by atoms with Gasteiger partial charge in [0.15, 0.2) is 0 Å². The van der Waals surface area contributed by atoms with Crippen LogP contribution in [0.15, 0.2) is 0 Å². The van der Waals surface area contributed by atoms with Crippen molar-refractivity contribution in [3.63, 3.8) is 0 Å². The van der Waals surface area contributed by atoms with E-state index in [1.807, 2.05) is 0 Å². The van der Waals surface area contributed by atoms with Gasteiger partial charge in [-0.05, 0) is 99.3 Å². The molecule has 0 aromatic rings. The molecule has 4 fully saturated rings. The van der Waals surface area contributed by atoms with Crippen molar-refractivity contribution in [2.45, 2.75) is 83.8 Å². The fourth-order valence-corrected chi connectivity index (χ4v) is 8.29. The molecule has 25 heavy (non-hydrogen) atoms. The zero-order chi connectivity index (χ0) is 17.8. The van der Waals surface area contributed by atoms with Gasteiger partial charge in [0.25, 0.3) is 0 Å². The van der Waals surface area contributed by atoms with E-state index in [4.69, 9.17) is 5.73 Å². The van der Waals surface area contributed by atoms with Gasteiger partial charge in [-0.2, -0.15) is 0 Å². The third-order valence-corrected chi connectivity index (χ3v) is 9.60. The predicted molar refractivity (Wildman–Crippen MR) is 103 cm³/mol. The minimum absolute atomic E-state index is 0.0238. The SMILES string of the molecule is CN(CCN)[C@@H]1CC[C@@H]2[C@@H]3CC[C@H]4C[C@H](O)CC[C@]4(C)[C@H]3CC[C@@]21C. The summed E-state index contributed by atoms with van der Waals surface area (Å²) in [7, 11) is 2.30. The lowest BCUT2D eigenvalue weighted by molar-refractivity contribution is -0.128. The highest BCUT2D eigenvalue weighted by atomic mass is 16.3. The van der Waals surface area contributed by atoms with Crippen LogP contribution in [0.3, 0.4) is 0 Å². The fourth-order valence-electron chi connectivity index (χ4n) is 8.29.